The first-order valence-electron chi connectivity index (χ1n) is 9.32. The number of rotatable bonds is 4. The molecule has 1 fully saturated rings. The third-order valence-electron chi connectivity index (χ3n) is 4.98. The second-order valence-electron chi connectivity index (χ2n) is 7.14. The highest BCUT2D eigenvalue weighted by Crippen LogP contribution is 2.32. The van der Waals surface area contributed by atoms with Crippen LogP contribution in [0.2, 0.25) is 0 Å². The van der Waals surface area contributed by atoms with Gasteiger partial charge in [-0.25, -0.2) is 0 Å². The molecule has 2 aromatic rings. The Hall–Kier alpha value is -2.62. The number of aryl methyl sites for hydroxylation is 1. The number of hydrogen-bond donors (Lipinski definition) is 2. The van der Waals surface area contributed by atoms with Gasteiger partial charge in [-0.2, -0.15) is 0 Å². The van der Waals surface area contributed by atoms with Gasteiger partial charge < -0.3 is 10.6 Å². The minimum atomic E-state index is -0.169. The molecule has 4 heteroatoms. The first-order chi connectivity index (χ1) is 12.5. The lowest BCUT2D eigenvalue weighted by Gasteiger charge is -2.22. The maximum atomic E-state index is 12.6. The molecule has 1 saturated carbocycles. The molecule has 3 rings (SSSR count). The summed E-state index contributed by atoms with van der Waals surface area (Å²) in [5, 5.41) is 5.67. The number of hydrogen-bond acceptors (Lipinski definition) is 2. The largest absolute Gasteiger partial charge is 0.325 e. The molecule has 2 amide bonds. The highest BCUT2D eigenvalue weighted by atomic mass is 16.2. The maximum absolute atomic E-state index is 12.6. The molecular weight excluding hydrogens is 324 g/mol. The quantitative estimate of drug-likeness (QED) is 0.791. The molecule has 0 radical (unpaired) electrons. The molecule has 136 valence electrons. The van der Waals surface area contributed by atoms with Crippen LogP contribution < -0.4 is 10.6 Å². The van der Waals surface area contributed by atoms with Crippen molar-refractivity contribution in [3.8, 4) is 0 Å². The Balaban J connectivity index is 1.73. The average Bonchev–Trinajstić information content (AvgIpc) is 2.64. The van der Waals surface area contributed by atoms with Gasteiger partial charge in [-0.3, -0.25) is 9.59 Å². The average molecular weight is 350 g/mol. The highest BCUT2D eigenvalue weighted by molar-refractivity contribution is 6.07. The number of carbonyl (C=O) groups excluding carboxylic acids is 2. The van der Waals surface area contributed by atoms with E-state index in [1.807, 2.05) is 31.2 Å². The fraction of sp³-hybridized carbons (Fsp3) is 0.364. The van der Waals surface area contributed by atoms with Gasteiger partial charge in [-0.05, 0) is 61.1 Å². The summed E-state index contributed by atoms with van der Waals surface area (Å²) in [6.07, 6.45) is 6.42. The van der Waals surface area contributed by atoms with Crippen LogP contribution in [-0.2, 0) is 4.79 Å². The zero-order valence-corrected chi connectivity index (χ0v) is 15.5. The van der Waals surface area contributed by atoms with Gasteiger partial charge in [0.25, 0.3) is 5.91 Å². The first-order valence-corrected chi connectivity index (χ1v) is 9.32. The van der Waals surface area contributed by atoms with Crippen LogP contribution >= 0.6 is 0 Å². The molecule has 0 heterocycles. The monoisotopic (exact) mass is 350 g/mol. The summed E-state index contributed by atoms with van der Waals surface area (Å²) in [5.74, 6) is 0.294. The second-order valence-corrected chi connectivity index (χ2v) is 7.14. The van der Waals surface area contributed by atoms with Crippen LogP contribution in [0.15, 0.2) is 42.5 Å². The second kappa shape index (κ2) is 8.17. The maximum Gasteiger partial charge on any atom is 0.255 e. The fourth-order valence-corrected chi connectivity index (χ4v) is 3.60. The van der Waals surface area contributed by atoms with Gasteiger partial charge in [0.15, 0.2) is 0 Å². The van der Waals surface area contributed by atoms with Crippen molar-refractivity contribution in [2.24, 2.45) is 0 Å². The normalized spacial score (nSPS) is 14.7. The molecule has 1 aliphatic carbocycles. The SMILES string of the molecule is CC(=O)Nc1ccc(C)cc1NC(=O)c1ccc(C2CCCCC2)cc1. The Morgan fingerprint density at radius 3 is 2.23 bits per heavy atom. The lowest BCUT2D eigenvalue weighted by Crippen LogP contribution is -2.15. The van der Waals surface area contributed by atoms with Crippen molar-refractivity contribution < 1.29 is 9.59 Å². The minimum Gasteiger partial charge on any atom is -0.325 e. The van der Waals surface area contributed by atoms with Gasteiger partial charge in [-0.15, -0.1) is 0 Å². The lowest BCUT2D eigenvalue weighted by atomic mass is 9.84. The summed E-state index contributed by atoms with van der Waals surface area (Å²) in [4.78, 5) is 24.0. The van der Waals surface area contributed by atoms with Gasteiger partial charge in [0.2, 0.25) is 5.91 Å². The Morgan fingerprint density at radius 2 is 1.58 bits per heavy atom. The van der Waals surface area contributed by atoms with Crippen LogP contribution in [0.3, 0.4) is 0 Å². The number of amides is 2. The predicted molar refractivity (Wildman–Crippen MR) is 106 cm³/mol. The predicted octanol–water partition coefficient (Wildman–Crippen LogP) is 5.25. The summed E-state index contributed by atoms with van der Waals surface area (Å²) in [5.41, 5.74) is 4.19. The summed E-state index contributed by atoms with van der Waals surface area (Å²) >= 11 is 0. The van der Waals surface area contributed by atoms with Gasteiger partial charge in [0.05, 0.1) is 11.4 Å². The van der Waals surface area contributed by atoms with Crippen LogP contribution in [0.4, 0.5) is 11.4 Å². The minimum absolute atomic E-state index is 0.166. The number of anilines is 2. The molecule has 0 unspecified atom stereocenters. The smallest absolute Gasteiger partial charge is 0.255 e. The molecule has 0 bridgehead atoms. The van der Waals surface area contributed by atoms with Crippen molar-refractivity contribution in [2.75, 3.05) is 10.6 Å². The van der Waals surface area contributed by atoms with E-state index >= 15 is 0 Å². The lowest BCUT2D eigenvalue weighted by molar-refractivity contribution is -0.114. The number of nitrogens with one attached hydrogen (secondary N) is 2. The molecule has 0 aliphatic heterocycles. The summed E-state index contributed by atoms with van der Waals surface area (Å²) < 4.78 is 0. The van der Waals surface area contributed by atoms with Crippen LogP contribution in [0.1, 0.15) is 66.4 Å². The van der Waals surface area contributed by atoms with Crippen LogP contribution in [0.25, 0.3) is 0 Å². The van der Waals surface area contributed by atoms with Gasteiger partial charge >= 0.3 is 0 Å². The van der Waals surface area contributed by atoms with E-state index in [0.29, 0.717) is 22.9 Å². The summed E-state index contributed by atoms with van der Waals surface area (Å²) in [6, 6.07) is 13.5. The van der Waals surface area contributed by atoms with E-state index in [4.69, 9.17) is 0 Å². The highest BCUT2D eigenvalue weighted by Gasteiger charge is 2.16. The molecule has 4 nitrogen and oxygen atoms in total. The van der Waals surface area contributed by atoms with E-state index in [-0.39, 0.29) is 11.8 Å². The van der Waals surface area contributed by atoms with Crippen molar-refractivity contribution in [3.63, 3.8) is 0 Å². The van der Waals surface area contributed by atoms with Crippen molar-refractivity contribution >= 4 is 23.2 Å². The molecular formula is C22H26N2O2. The zero-order valence-electron chi connectivity index (χ0n) is 15.5. The summed E-state index contributed by atoms with van der Waals surface area (Å²) in [7, 11) is 0. The van der Waals surface area contributed by atoms with E-state index < -0.39 is 0 Å². The fourth-order valence-electron chi connectivity index (χ4n) is 3.60. The summed E-state index contributed by atoms with van der Waals surface area (Å²) in [6.45, 7) is 3.40. The molecule has 0 spiro atoms. The van der Waals surface area contributed by atoms with Crippen LogP contribution in [0.5, 0.6) is 0 Å². The van der Waals surface area contributed by atoms with Gasteiger partial charge in [0.1, 0.15) is 0 Å². The third kappa shape index (κ3) is 4.51. The molecule has 1 aliphatic rings. The van der Waals surface area contributed by atoms with Crippen LogP contribution in [-0.4, -0.2) is 11.8 Å². The Bertz CT molecular complexity index is 790. The number of carbonyl (C=O) groups is 2. The van der Waals surface area contributed by atoms with Crippen molar-refractivity contribution in [1.82, 2.24) is 0 Å². The van der Waals surface area contributed by atoms with Gasteiger partial charge in [0, 0.05) is 12.5 Å². The standard InChI is InChI=1S/C22H26N2O2/c1-15-8-13-20(23-16(2)25)21(14-15)24-22(26)19-11-9-18(10-12-19)17-6-4-3-5-7-17/h8-14,17H,3-7H2,1-2H3,(H,23,25)(H,24,26). The van der Waals surface area contributed by atoms with Crippen molar-refractivity contribution in [1.29, 1.82) is 0 Å². The molecule has 26 heavy (non-hydrogen) atoms. The molecule has 2 aromatic carbocycles. The molecule has 2 N–H and O–H groups in total. The molecule has 0 aromatic heterocycles. The van der Waals surface area contributed by atoms with E-state index in [0.717, 1.165) is 5.56 Å². The Kier molecular flexibility index (Phi) is 5.71. The number of benzene rings is 2. The first kappa shape index (κ1) is 18.2. The topological polar surface area (TPSA) is 58.2 Å². The Morgan fingerprint density at radius 1 is 0.885 bits per heavy atom. The van der Waals surface area contributed by atoms with E-state index in [1.54, 1.807) is 6.07 Å². The van der Waals surface area contributed by atoms with E-state index in [2.05, 4.69) is 22.8 Å². The Labute approximate surface area is 155 Å². The van der Waals surface area contributed by atoms with E-state index in [9.17, 15) is 9.59 Å². The van der Waals surface area contributed by atoms with Crippen LogP contribution in [0, 0.1) is 6.92 Å². The zero-order chi connectivity index (χ0) is 18.5. The molecule has 0 atom stereocenters. The third-order valence-corrected chi connectivity index (χ3v) is 4.98. The van der Waals surface area contributed by atoms with E-state index in [1.165, 1.54) is 44.6 Å². The van der Waals surface area contributed by atoms with Gasteiger partial charge in [-0.1, -0.05) is 37.5 Å². The van der Waals surface area contributed by atoms with Crippen molar-refractivity contribution in [2.45, 2.75) is 51.9 Å². The molecule has 0 saturated heterocycles. The van der Waals surface area contributed by atoms with Crippen molar-refractivity contribution in [3.05, 3.63) is 59.2 Å².